The van der Waals surface area contributed by atoms with Crippen LogP contribution in [-0.2, 0) is 0 Å². The molecule has 1 fully saturated rings. The fourth-order valence-electron chi connectivity index (χ4n) is 1.04. The smallest absolute Gasteiger partial charge is 0.164 e. The topological polar surface area (TPSA) is 66.5 Å². The monoisotopic (exact) mass is 117 g/mol. The average Bonchev–Trinajstić information content (AvgIpc) is 1.82. The lowest BCUT2D eigenvalue weighted by molar-refractivity contribution is -0.153. The van der Waals surface area contributed by atoms with Gasteiger partial charge in [-0.1, -0.05) is 0 Å². The Bertz CT molecular complexity index is 92.4. The molecule has 1 atom stereocenters. The minimum Gasteiger partial charge on any atom is -0.366 e. The summed E-state index contributed by atoms with van der Waals surface area (Å²) in [5.41, 5.74) is 5.39. The summed E-state index contributed by atoms with van der Waals surface area (Å²) in [6.07, 6.45) is 1.48. The molecule has 48 valence electrons. The second-order valence-corrected chi connectivity index (χ2v) is 2.49. The van der Waals surface area contributed by atoms with E-state index in [0.717, 1.165) is 6.42 Å². The van der Waals surface area contributed by atoms with Gasteiger partial charge in [-0.15, -0.1) is 0 Å². The molecular weight excluding hydrogens is 106 g/mol. The van der Waals surface area contributed by atoms with Gasteiger partial charge in [0, 0.05) is 18.9 Å². The van der Waals surface area contributed by atoms with Crippen LogP contribution in [0.4, 0.5) is 0 Å². The highest BCUT2D eigenvalue weighted by Crippen LogP contribution is 2.25. The molecule has 3 heteroatoms. The van der Waals surface area contributed by atoms with Crippen molar-refractivity contribution < 1.29 is 10.2 Å². The molecule has 0 aromatic carbocycles. The van der Waals surface area contributed by atoms with E-state index in [4.69, 9.17) is 15.9 Å². The van der Waals surface area contributed by atoms with E-state index in [0.29, 0.717) is 12.8 Å². The van der Waals surface area contributed by atoms with Crippen LogP contribution in [0.5, 0.6) is 0 Å². The Morgan fingerprint density at radius 1 is 1.50 bits per heavy atom. The summed E-state index contributed by atoms with van der Waals surface area (Å²) in [7, 11) is 0. The SMILES string of the molecule is NC1CCC(O)(O)C1. The third-order valence-corrected chi connectivity index (χ3v) is 1.50. The molecule has 0 spiro atoms. The van der Waals surface area contributed by atoms with Crippen LogP contribution in [0.1, 0.15) is 19.3 Å². The zero-order valence-corrected chi connectivity index (χ0v) is 4.67. The Kier molecular flexibility index (Phi) is 1.27. The van der Waals surface area contributed by atoms with E-state index in [-0.39, 0.29) is 6.04 Å². The Labute approximate surface area is 48.1 Å². The van der Waals surface area contributed by atoms with Gasteiger partial charge in [-0.2, -0.15) is 0 Å². The molecule has 0 amide bonds. The summed E-state index contributed by atoms with van der Waals surface area (Å²) in [5.74, 6) is -1.46. The van der Waals surface area contributed by atoms with Gasteiger partial charge >= 0.3 is 0 Å². The van der Waals surface area contributed by atoms with Crippen molar-refractivity contribution in [3.8, 4) is 0 Å². The minimum absolute atomic E-state index is 0.00926. The summed E-state index contributed by atoms with van der Waals surface area (Å²) in [5, 5.41) is 17.7. The lowest BCUT2D eigenvalue weighted by Crippen LogP contribution is -2.26. The molecule has 0 radical (unpaired) electrons. The number of nitrogens with two attached hydrogens (primary N) is 1. The standard InChI is InChI=1S/C5H11NO2/c6-4-1-2-5(7,8)3-4/h4,7-8H,1-3,6H2. The number of hydrogen-bond acceptors (Lipinski definition) is 3. The van der Waals surface area contributed by atoms with Crippen LogP contribution in [0, 0.1) is 0 Å². The van der Waals surface area contributed by atoms with Gasteiger partial charge in [0.2, 0.25) is 0 Å². The van der Waals surface area contributed by atoms with Gasteiger partial charge in [0.15, 0.2) is 5.79 Å². The van der Waals surface area contributed by atoms with E-state index in [1.165, 1.54) is 0 Å². The highest BCUT2D eigenvalue weighted by atomic mass is 16.5. The van der Waals surface area contributed by atoms with Gasteiger partial charge in [-0.25, -0.2) is 0 Å². The van der Waals surface area contributed by atoms with Crippen LogP contribution in [-0.4, -0.2) is 22.0 Å². The van der Waals surface area contributed by atoms with Crippen molar-refractivity contribution in [2.45, 2.75) is 31.1 Å². The number of hydrogen-bond donors (Lipinski definition) is 3. The normalized spacial score (nSPS) is 35.6. The maximum absolute atomic E-state index is 8.84. The molecule has 0 heterocycles. The van der Waals surface area contributed by atoms with Crippen LogP contribution in [0.25, 0.3) is 0 Å². The van der Waals surface area contributed by atoms with Crippen molar-refractivity contribution >= 4 is 0 Å². The third kappa shape index (κ3) is 1.18. The average molecular weight is 117 g/mol. The number of aliphatic hydroxyl groups is 2. The Morgan fingerprint density at radius 2 is 2.12 bits per heavy atom. The Morgan fingerprint density at radius 3 is 2.25 bits per heavy atom. The summed E-state index contributed by atoms with van der Waals surface area (Å²) >= 11 is 0. The molecule has 3 nitrogen and oxygen atoms in total. The summed E-state index contributed by atoms with van der Waals surface area (Å²) in [4.78, 5) is 0. The fraction of sp³-hybridized carbons (Fsp3) is 1.00. The molecule has 1 aliphatic carbocycles. The van der Waals surface area contributed by atoms with Crippen LogP contribution >= 0.6 is 0 Å². The van der Waals surface area contributed by atoms with E-state index < -0.39 is 5.79 Å². The first kappa shape index (κ1) is 6.01. The van der Waals surface area contributed by atoms with Crippen LogP contribution in [0.2, 0.25) is 0 Å². The lowest BCUT2D eigenvalue weighted by Gasteiger charge is -2.12. The van der Waals surface area contributed by atoms with Crippen molar-refractivity contribution in [2.75, 3.05) is 0 Å². The predicted octanol–water partition coefficient (Wildman–Crippen LogP) is -0.822. The summed E-state index contributed by atoms with van der Waals surface area (Å²) in [6.45, 7) is 0. The Balaban J connectivity index is 2.44. The van der Waals surface area contributed by atoms with Gasteiger partial charge < -0.3 is 15.9 Å². The van der Waals surface area contributed by atoms with Gasteiger partial charge in [0.25, 0.3) is 0 Å². The molecule has 1 unspecified atom stereocenters. The maximum Gasteiger partial charge on any atom is 0.164 e. The molecule has 0 aromatic rings. The lowest BCUT2D eigenvalue weighted by atomic mass is 10.2. The van der Waals surface area contributed by atoms with Gasteiger partial charge in [0.1, 0.15) is 0 Å². The second-order valence-electron chi connectivity index (χ2n) is 2.49. The van der Waals surface area contributed by atoms with Gasteiger partial charge in [-0.3, -0.25) is 0 Å². The third-order valence-electron chi connectivity index (χ3n) is 1.50. The van der Waals surface area contributed by atoms with Crippen molar-refractivity contribution in [2.24, 2.45) is 5.73 Å². The van der Waals surface area contributed by atoms with Crippen molar-refractivity contribution in [3.63, 3.8) is 0 Å². The van der Waals surface area contributed by atoms with Gasteiger partial charge in [-0.05, 0) is 6.42 Å². The molecule has 0 bridgehead atoms. The maximum atomic E-state index is 8.84. The van der Waals surface area contributed by atoms with E-state index >= 15 is 0 Å². The molecule has 1 saturated carbocycles. The molecule has 1 rings (SSSR count). The van der Waals surface area contributed by atoms with E-state index in [1.807, 2.05) is 0 Å². The zero-order valence-electron chi connectivity index (χ0n) is 4.67. The molecular formula is C5H11NO2. The highest BCUT2D eigenvalue weighted by molar-refractivity contribution is 4.81. The molecule has 0 aromatic heterocycles. The van der Waals surface area contributed by atoms with Crippen LogP contribution < -0.4 is 5.73 Å². The van der Waals surface area contributed by atoms with Gasteiger partial charge in [0.05, 0.1) is 0 Å². The molecule has 0 saturated heterocycles. The largest absolute Gasteiger partial charge is 0.366 e. The first-order valence-corrected chi connectivity index (χ1v) is 2.80. The molecule has 8 heavy (non-hydrogen) atoms. The zero-order chi connectivity index (χ0) is 6.20. The van der Waals surface area contributed by atoms with Crippen molar-refractivity contribution in [1.82, 2.24) is 0 Å². The van der Waals surface area contributed by atoms with E-state index in [1.54, 1.807) is 0 Å². The first-order valence-electron chi connectivity index (χ1n) is 2.80. The Hall–Kier alpha value is -0.120. The second kappa shape index (κ2) is 1.69. The summed E-state index contributed by atoms with van der Waals surface area (Å²) < 4.78 is 0. The highest BCUT2D eigenvalue weighted by Gasteiger charge is 2.32. The molecule has 1 aliphatic rings. The van der Waals surface area contributed by atoms with E-state index in [9.17, 15) is 0 Å². The molecule has 4 N–H and O–H groups in total. The predicted molar refractivity (Wildman–Crippen MR) is 29.0 cm³/mol. The minimum atomic E-state index is -1.46. The van der Waals surface area contributed by atoms with Crippen LogP contribution in [0.3, 0.4) is 0 Å². The molecule has 0 aliphatic heterocycles. The van der Waals surface area contributed by atoms with E-state index in [2.05, 4.69) is 0 Å². The van der Waals surface area contributed by atoms with Crippen molar-refractivity contribution in [1.29, 1.82) is 0 Å². The van der Waals surface area contributed by atoms with Crippen molar-refractivity contribution in [3.05, 3.63) is 0 Å². The summed E-state index contributed by atoms with van der Waals surface area (Å²) in [6, 6.07) is -0.00926. The first-order chi connectivity index (χ1) is 3.60. The van der Waals surface area contributed by atoms with Crippen LogP contribution in [0.15, 0.2) is 0 Å². The quantitative estimate of drug-likeness (QED) is 0.363. The fourth-order valence-corrected chi connectivity index (χ4v) is 1.04. The number of rotatable bonds is 0.